The standard InChI is InChI=1S/C20H15F6N3O2/c1-31-15-7-5-12(6-8-15)10-27-18(30)16-11-28-29(17(16)20(24,25)26)14-4-2-3-13(9-14)19(21,22)23/h2-9,11H,10H2,1H3,(H,27,30). The van der Waals surface area contributed by atoms with Crippen LogP contribution in [0.2, 0.25) is 0 Å². The van der Waals surface area contributed by atoms with Crippen LogP contribution in [0.1, 0.15) is 27.2 Å². The normalized spacial score (nSPS) is 12.0. The molecule has 31 heavy (non-hydrogen) atoms. The third-order valence-electron chi connectivity index (χ3n) is 4.31. The van der Waals surface area contributed by atoms with Gasteiger partial charge in [-0.3, -0.25) is 4.79 Å². The van der Waals surface area contributed by atoms with Crippen LogP contribution in [0.4, 0.5) is 26.3 Å². The number of nitrogens with one attached hydrogen (secondary N) is 1. The van der Waals surface area contributed by atoms with E-state index in [0.29, 0.717) is 23.6 Å². The second-order valence-electron chi connectivity index (χ2n) is 6.40. The zero-order chi connectivity index (χ0) is 22.8. The van der Waals surface area contributed by atoms with Crippen LogP contribution in [0, 0.1) is 0 Å². The number of carbonyl (C=O) groups excluding carboxylic acids is 1. The zero-order valence-electron chi connectivity index (χ0n) is 15.9. The van der Waals surface area contributed by atoms with E-state index in [-0.39, 0.29) is 11.2 Å². The van der Waals surface area contributed by atoms with Gasteiger partial charge in [-0.2, -0.15) is 31.4 Å². The number of carbonyl (C=O) groups is 1. The maximum absolute atomic E-state index is 13.7. The molecule has 5 nitrogen and oxygen atoms in total. The third kappa shape index (κ3) is 4.98. The van der Waals surface area contributed by atoms with Crippen LogP contribution in [0.15, 0.2) is 54.7 Å². The highest BCUT2D eigenvalue weighted by Gasteiger charge is 2.41. The number of halogens is 6. The van der Waals surface area contributed by atoms with E-state index in [9.17, 15) is 31.1 Å². The third-order valence-corrected chi connectivity index (χ3v) is 4.31. The van der Waals surface area contributed by atoms with Crippen LogP contribution in [0.25, 0.3) is 5.69 Å². The number of ether oxygens (including phenoxy) is 1. The summed E-state index contributed by atoms with van der Waals surface area (Å²) in [5, 5.41) is 5.88. The lowest BCUT2D eigenvalue weighted by molar-refractivity contribution is -0.143. The van der Waals surface area contributed by atoms with Gasteiger partial charge in [0.25, 0.3) is 5.91 Å². The lowest BCUT2D eigenvalue weighted by atomic mass is 10.1. The van der Waals surface area contributed by atoms with Gasteiger partial charge < -0.3 is 10.1 Å². The van der Waals surface area contributed by atoms with Gasteiger partial charge in [0.1, 0.15) is 5.75 Å². The van der Waals surface area contributed by atoms with Gasteiger partial charge in [-0.25, -0.2) is 4.68 Å². The molecule has 0 unspecified atom stereocenters. The summed E-state index contributed by atoms with van der Waals surface area (Å²) in [4.78, 5) is 12.4. The Hall–Kier alpha value is -3.50. The Morgan fingerprint density at radius 2 is 1.71 bits per heavy atom. The number of methoxy groups -OCH3 is 1. The van der Waals surface area contributed by atoms with Crippen molar-refractivity contribution in [1.29, 1.82) is 0 Å². The molecule has 1 N–H and O–H groups in total. The summed E-state index contributed by atoms with van der Waals surface area (Å²) in [7, 11) is 1.47. The minimum atomic E-state index is -5.04. The van der Waals surface area contributed by atoms with Crippen LogP contribution in [-0.4, -0.2) is 22.8 Å². The maximum atomic E-state index is 13.7. The maximum Gasteiger partial charge on any atom is 0.434 e. The molecule has 0 saturated carbocycles. The number of benzene rings is 2. The van der Waals surface area contributed by atoms with Crippen molar-refractivity contribution in [2.45, 2.75) is 18.9 Å². The van der Waals surface area contributed by atoms with Crippen molar-refractivity contribution in [3.8, 4) is 11.4 Å². The van der Waals surface area contributed by atoms with Gasteiger partial charge in [0.2, 0.25) is 0 Å². The van der Waals surface area contributed by atoms with Crippen LogP contribution >= 0.6 is 0 Å². The first-order chi connectivity index (χ1) is 14.5. The van der Waals surface area contributed by atoms with Gasteiger partial charge in [0.15, 0.2) is 5.69 Å². The molecule has 0 saturated heterocycles. The van der Waals surface area contributed by atoms with E-state index in [1.54, 1.807) is 24.3 Å². The minimum absolute atomic E-state index is 0.0745. The molecule has 0 spiro atoms. The summed E-state index contributed by atoms with van der Waals surface area (Å²) in [6, 6.07) is 9.73. The molecule has 0 aliphatic rings. The molecular formula is C20H15F6N3O2. The number of rotatable bonds is 5. The lowest BCUT2D eigenvalue weighted by Crippen LogP contribution is -2.26. The molecule has 1 aromatic heterocycles. The Bertz CT molecular complexity index is 1070. The van der Waals surface area contributed by atoms with Crippen LogP contribution in [-0.2, 0) is 18.9 Å². The van der Waals surface area contributed by atoms with Crippen molar-refractivity contribution in [2.24, 2.45) is 0 Å². The predicted molar refractivity (Wildman–Crippen MR) is 97.7 cm³/mol. The van der Waals surface area contributed by atoms with Crippen molar-refractivity contribution in [2.75, 3.05) is 7.11 Å². The molecule has 3 rings (SSSR count). The summed E-state index contributed by atoms with van der Waals surface area (Å²) >= 11 is 0. The Morgan fingerprint density at radius 3 is 2.29 bits per heavy atom. The molecule has 0 aliphatic carbocycles. The average molecular weight is 443 g/mol. The quantitative estimate of drug-likeness (QED) is 0.574. The van der Waals surface area contributed by atoms with Crippen molar-refractivity contribution >= 4 is 5.91 Å². The SMILES string of the molecule is COc1ccc(CNC(=O)c2cnn(-c3cccc(C(F)(F)F)c3)c2C(F)(F)F)cc1. The first-order valence-electron chi connectivity index (χ1n) is 8.74. The average Bonchev–Trinajstić information content (AvgIpc) is 3.18. The highest BCUT2D eigenvalue weighted by atomic mass is 19.4. The number of aromatic nitrogens is 2. The van der Waals surface area contributed by atoms with E-state index < -0.39 is 40.8 Å². The molecule has 0 radical (unpaired) electrons. The van der Waals surface area contributed by atoms with Crippen molar-refractivity contribution in [1.82, 2.24) is 15.1 Å². The molecule has 2 aromatic carbocycles. The molecule has 164 valence electrons. The topological polar surface area (TPSA) is 56.1 Å². The van der Waals surface area contributed by atoms with Crippen LogP contribution in [0.5, 0.6) is 5.75 Å². The van der Waals surface area contributed by atoms with Gasteiger partial charge >= 0.3 is 12.4 Å². The van der Waals surface area contributed by atoms with Crippen molar-refractivity contribution < 1.29 is 35.9 Å². The van der Waals surface area contributed by atoms with Gasteiger partial charge in [-0.15, -0.1) is 0 Å². The largest absolute Gasteiger partial charge is 0.497 e. The Morgan fingerprint density at radius 1 is 1.03 bits per heavy atom. The smallest absolute Gasteiger partial charge is 0.434 e. The highest BCUT2D eigenvalue weighted by molar-refractivity contribution is 5.95. The van der Waals surface area contributed by atoms with Gasteiger partial charge in [-0.05, 0) is 35.9 Å². The Balaban J connectivity index is 1.91. The molecule has 11 heteroatoms. The molecular weight excluding hydrogens is 428 g/mol. The Kier molecular flexibility index (Phi) is 5.96. The van der Waals surface area contributed by atoms with E-state index in [4.69, 9.17) is 4.74 Å². The van der Waals surface area contributed by atoms with E-state index in [1.165, 1.54) is 7.11 Å². The fourth-order valence-electron chi connectivity index (χ4n) is 2.82. The summed E-state index contributed by atoms with van der Waals surface area (Å²) in [6.07, 6.45) is -9.12. The van der Waals surface area contributed by atoms with Crippen LogP contribution < -0.4 is 10.1 Å². The summed E-state index contributed by atoms with van der Waals surface area (Å²) in [5.41, 5.74) is -3.29. The molecule has 1 heterocycles. The number of hydrogen-bond acceptors (Lipinski definition) is 3. The lowest BCUT2D eigenvalue weighted by Gasteiger charge is -2.14. The van der Waals surface area contributed by atoms with Gasteiger partial charge in [-0.1, -0.05) is 18.2 Å². The minimum Gasteiger partial charge on any atom is -0.497 e. The van der Waals surface area contributed by atoms with E-state index in [0.717, 1.165) is 18.2 Å². The summed E-state index contributed by atoms with van der Waals surface area (Å²) in [5.74, 6) is -0.502. The number of nitrogens with zero attached hydrogens (tertiary/aromatic N) is 2. The molecule has 1 amide bonds. The van der Waals surface area contributed by atoms with Crippen molar-refractivity contribution in [3.05, 3.63) is 77.1 Å². The van der Waals surface area contributed by atoms with E-state index in [1.807, 2.05) is 0 Å². The first-order valence-corrected chi connectivity index (χ1v) is 8.74. The zero-order valence-corrected chi connectivity index (χ0v) is 15.9. The van der Waals surface area contributed by atoms with E-state index >= 15 is 0 Å². The second-order valence-corrected chi connectivity index (χ2v) is 6.40. The molecule has 0 fully saturated rings. The van der Waals surface area contributed by atoms with E-state index in [2.05, 4.69) is 10.4 Å². The van der Waals surface area contributed by atoms with Gasteiger partial charge in [0, 0.05) is 6.54 Å². The predicted octanol–water partition coefficient (Wildman–Crippen LogP) is 4.85. The monoisotopic (exact) mass is 443 g/mol. The number of alkyl halides is 6. The Labute approximate surface area is 172 Å². The summed E-state index contributed by atoms with van der Waals surface area (Å²) in [6.45, 7) is -0.0745. The number of hydrogen-bond donors (Lipinski definition) is 1. The molecule has 0 bridgehead atoms. The number of amides is 1. The summed E-state index contributed by atoms with van der Waals surface area (Å²) < 4.78 is 85.2. The van der Waals surface area contributed by atoms with Crippen LogP contribution in [0.3, 0.4) is 0 Å². The van der Waals surface area contributed by atoms with Crippen molar-refractivity contribution in [3.63, 3.8) is 0 Å². The fourth-order valence-corrected chi connectivity index (χ4v) is 2.82. The fraction of sp³-hybridized carbons (Fsp3) is 0.200. The molecule has 0 atom stereocenters. The molecule has 3 aromatic rings. The first kappa shape index (κ1) is 22.2. The van der Waals surface area contributed by atoms with Gasteiger partial charge in [0.05, 0.1) is 30.1 Å². The second kappa shape index (κ2) is 8.32. The molecule has 0 aliphatic heterocycles. The highest BCUT2D eigenvalue weighted by Crippen LogP contribution is 2.35.